The molecule has 0 aliphatic rings. The number of hydrogen-bond donors (Lipinski definition) is 1. The second kappa shape index (κ2) is 13.5. The molecule has 128 valence electrons. The second-order valence-electron chi connectivity index (χ2n) is 4.71. The van der Waals surface area contributed by atoms with Crippen LogP contribution in [0.4, 0.5) is 0 Å². The predicted octanol–water partition coefficient (Wildman–Crippen LogP) is 4.82. The number of rotatable bonds is 7. The van der Waals surface area contributed by atoms with Gasteiger partial charge in [-0.3, -0.25) is 0 Å². The first-order valence-corrected chi connectivity index (χ1v) is 10.0. The van der Waals surface area contributed by atoms with Gasteiger partial charge in [-0.15, -0.1) is 0 Å². The first-order valence-electron chi connectivity index (χ1n) is 8.20. The predicted molar refractivity (Wildman–Crippen MR) is 98.9 cm³/mol. The molecule has 0 saturated heterocycles. The van der Waals surface area contributed by atoms with Gasteiger partial charge in [-0.25, -0.2) is 8.42 Å². The zero-order valence-corrected chi connectivity index (χ0v) is 15.9. The fourth-order valence-corrected chi connectivity index (χ4v) is 3.19. The third-order valence-corrected chi connectivity index (χ3v) is 4.69. The van der Waals surface area contributed by atoms with Crippen LogP contribution in [-0.4, -0.2) is 25.6 Å². The molecule has 0 saturated carbocycles. The monoisotopic (exact) mass is 327 g/mol. The summed E-state index contributed by atoms with van der Waals surface area (Å²) < 4.78 is 23.4. The molecular formula is C18H33NO2S. The van der Waals surface area contributed by atoms with E-state index in [1.807, 2.05) is 58.9 Å². The molecule has 0 aliphatic heterocycles. The fraction of sp³-hybridized carbons (Fsp3) is 0.611. The van der Waals surface area contributed by atoms with Crippen LogP contribution in [0.25, 0.3) is 0 Å². The van der Waals surface area contributed by atoms with Gasteiger partial charge in [-0.05, 0) is 44.2 Å². The molecule has 0 aromatic heterocycles. The minimum absolute atomic E-state index is 0.107. The van der Waals surface area contributed by atoms with E-state index in [1.165, 1.54) is 11.1 Å². The van der Waals surface area contributed by atoms with Gasteiger partial charge in [0.25, 0.3) is 0 Å². The van der Waals surface area contributed by atoms with E-state index in [4.69, 9.17) is 5.41 Å². The molecule has 4 heteroatoms. The molecule has 0 radical (unpaired) electrons. The van der Waals surface area contributed by atoms with Crippen molar-refractivity contribution < 1.29 is 8.42 Å². The Morgan fingerprint density at radius 2 is 1.59 bits per heavy atom. The Balaban J connectivity index is 0. The molecule has 0 unspecified atom stereocenters. The zero-order valence-electron chi connectivity index (χ0n) is 15.1. The van der Waals surface area contributed by atoms with E-state index >= 15 is 0 Å². The summed E-state index contributed by atoms with van der Waals surface area (Å²) in [6, 6.07) is 8.06. The summed E-state index contributed by atoms with van der Waals surface area (Å²) in [5.74, 6) is 0.324. The largest absolute Gasteiger partial charge is 0.310 e. The Bertz CT molecular complexity index is 508. The molecular weight excluding hydrogens is 294 g/mol. The van der Waals surface area contributed by atoms with Crippen LogP contribution in [-0.2, 0) is 16.3 Å². The minimum atomic E-state index is -3.00. The highest BCUT2D eigenvalue weighted by atomic mass is 32.2. The van der Waals surface area contributed by atoms with Crippen LogP contribution in [0, 0.1) is 12.3 Å². The van der Waals surface area contributed by atoms with Crippen LogP contribution in [0.15, 0.2) is 24.3 Å². The van der Waals surface area contributed by atoms with Gasteiger partial charge in [0.1, 0.15) is 0 Å². The summed E-state index contributed by atoms with van der Waals surface area (Å²) in [7, 11) is -3.00. The van der Waals surface area contributed by atoms with Gasteiger partial charge in [0.2, 0.25) is 0 Å². The van der Waals surface area contributed by atoms with E-state index in [2.05, 4.69) is 0 Å². The molecule has 0 heterocycles. The third-order valence-electron chi connectivity index (χ3n) is 2.95. The van der Waals surface area contributed by atoms with E-state index in [-0.39, 0.29) is 11.5 Å². The van der Waals surface area contributed by atoms with Crippen molar-refractivity contribution in [2.45, 2.75) is 60.8 Å². The molecule has 1 N–H and O–H groups in total. The maximum atomic E-state index is 11.7. The highest BCUT2D eigenvalue weighted by Gasteiger charge is 2.11. The van der Waals surface area contributed by atoms with E-state index in [0.29, 0.717) is 18.6 Å². The number of aryl methyl sites for hydroxylation is 2. The van der Waals surface area contributed by atoms with Crippen LogP contribution in [0.1, 0.15) is 58.6 Å². The van der Waals surface area contributed by atoms with Crippen molar-refractivity contribution in [1.82, 2.24) is 0 Å². The van der Waals surface area contributed by atoms with E-state index < -0.39 is 9.84 Å². The van der Waals surface area contributed by atoms with Crippen LogP contribution >= 0.6 is 0 Å². The van der Waals surface area contributed by atoms with Crippen LogP contribution in [0.2, 0.25) is 0 Å². The van der Waals surface area contributed by atoms with Crippen molar-refractivity contribution in [1.29, 1.82) is 5.41 Å². The van der Waals surface area contributed by atoms with Gasteiger partial charge in [-0.2, -0.15) is 0 Å². The summed E-state index contributed by atoms with van der Waals surface area (Å²) >= 11 is 0. The lowest BCUT2D eigenvalue weighted by molar-refractivity contribution is 0.593. The van der Waals surface area contributed by atoms with Crippen molar-refractivity contribution in [3.63, 3.8) is 0 Å². The molecule has 0 aliphatic carbocycles. The zero-order chi connectivity index (χ0) is 17.6. The number of hydrogen-bond acceptors (Lipinski definition) is 3. The Morgan fingerprint density at radius 1 is 1.05 bits per heavy atom. The maximum absolute atomic E-state index is 11.7. The van der Waals surface area contributed by atoms with Gasteiger partial charge in [0, 0.05) is 5.71 Å². The molecule has 0 spiro atoms. The standard InChI is InChI=1S/C14H21NO2S.2C2H6/c1-12-6-3-4-7-14(12)8-5-10-18(16,17)11-9-13(2)15;2*1-2/h3-4,6-7,15H,5,8-11H2,1-2H3;2*1-2H3. The summed E-state index contributed by atoms with van der Waals surface area (Å²) in [4.78, 5) is 0. The topological polar surface area (TPSA) is 58.0 Å². The van der Waals surface area contributed by atoms with E-state index in [9.17, 15) is 8.42 Å². The van der Waals surface area contributed by atoms with Crippen molar-refractivity contribution in [3.05, 3.63) is 35.4 Å². The van der Waals surface area contributed by atoms with Gasteiger partial charge < -0.3 is 5.41 Å². The van der Waals surface area contributed by atoms with Crippen LogP contribution < -0.4 is 0 Å². The Labute approximate surface area is 137 Å². The molecule has 0 bridgehead atoms. The van der Waals surface area contributed by atoms with Gasteiger partial charge in [0.15, 0.2) is 9.84 Å². The Kier molecular flexibility index (Phi) is 14.2. The van der Waals surface area contributed by atoms with Crippen molar-refractivity contribution in [3.8, 4) is 0 Å². The summed E-state index contributed by atoms with van der Waals surface area (Å²) in [5, 5.41) is 7.25. The van der Waals surface area contributed by atoms with E-state index in [0.717, 1.165) is 6.42 Å². The number of benzene rings is 1. The average molecular weight is 328 g/mol. The lowest BCUT2D eigenvalue weighted by atomic mass is 10.1. The summed E-state index contributed by atoms with van der Waals surface area (Å²) in [6.07, 6.45) is 1.81. The van der Waals surface area contributed by atoms with Gasteiger partial charge in [-0.1, -0.05) is 52.0 Å². The molecule has 1 aromatic carbocycles. The fourth-order valence-electron chi connectivity index (χ4n) is 1.78. The SMILES string of the molecule is CC.CC.CC(=N)CCS(=O)(=O)CCCc1ccccc1C. The Morgan fingerprint density at radius 3 is 2.09 bits per heavy atom. The smallest absolute Gasteiger partial charge is 0.150 e. The van der Waals surface area contributed by atoms with Crippen LogP contribution in [0.5, 0.6) is 0 Å². The Hall–Kier alpha value is -1.16. The normalized spacial score (nSPS) is 9.91. The quantitative estimate of drug-likeness (QED) is 0.730. The highest BCUT2D eigenvalue weighted by molar-refractivity contribution is 7.91. The first-order chi connectivity index (χ1) is 10.4. The van der Waals surface area contributed by atoms with Gasteiger partial charge >= 0.3 is 0 Å². The molecule has 0 atom stereocenters. The van der Waals surface area contributed by atoms with Crippen molar-refractivity contribution in [2.24, 2.45) is 0 Å². The van der Waals surface area contributed by atoms with Crippen molar-refractivity contribution >= 4 is 15.5 Å². The molecule has 0 amide bonds. The van der Waals surface area contributed by atoms with E-state index in [1.54, 1.807) is 6.92 Å². The minimum Gasteiger partial charge on any atom is -0.310 e. The molecule has 1 rings (SSSR count). The summed E-state index contributed by atoms with van der Waals surface area (Å²) in [5.41, 5.74) is 2.86. The summed E-state index contributed by atoms with van der Waals surface area (Å²) in [6.45, 7) is 11.7. The van der Waals surface area contributed by atoms with Crippen molar-refractivity contribution in [2.75, 3.05) is 11.5 Å². The number of nitrogens with one attached hydrogen (secondary N) is 1. The second-order valence-corrected chi connectivity index (χ2v) is 7.02. The highest BCUT2D eigenvalue weighted by Crippen LogP contribution is 2.10. The molecule has 22 heavy (non-hydrogen) atoms. The maximum Gasteiger partial charge on any atom is 0.150 e. The first kappa shape index (κ1) is 23.1. The molecule has 1 aromatic rings. The lowest BCUT2D eigenvalue weighted by Gasteiger charge is -2.06. The molecule has 3 nitrogen and oxygen atoms in total. The average Bonchev–Trinajstić information content (AvgIpc) is 2.51. The number of sulfone groups is 1. The third kappa shape index (κ3) is 11.5. The van der Waals surface area contributed by atoms with Crippen LogP contribution in [0.3, 0.4) is 0 Å². The lowest BCUT2D eigenvalue weighted by Crippen LogP contribution is -2.14. The molecule has 0 fully saturated rings. The van der Waals surface area contributed by atoms with Gasteiger partial charge in [0.05, 0.1) is 11.5 Å².